The number of hydrogen-bond donors (Lipinski definition) is 1. The Bertz CT molecular complexity index is 876. The van der Waals surface area contributed by atoms with Gasteiger partial charge >= 0.3 is 5.97 Å². The summed E-state index contributed by atoms with van der Waals surface area (Å²) in [6.45, 7) is 2.40. The highest BCUT2D eigenvalue weighted by Crippen LogP contribution is 2.33. The molecule has 2 aromatic rings. The summed E-state index contributed by atoms with van der Waals surface area (Å²) in [5.41, 5.74) is 2.74. The van der Waals surface area contributed by atoms with Crippen molar-refractivity contribution in [2.45, 2.75) is 32.6 Å². The molecule has 1 N–H and O–H groups in total. The van der Waals surface area contributed by atoms with Gasteiger partial charge in [-0.3, -0.25) is 4.79 Å². The van der Waals surface area contributed by atoms with Gasteiger partial charge in [0.05, 0.1) is 19.8 Å². The van der Waals surface area contributed by atoms with E-state index in [2.05, 4.69) is 12.2 Å². The molecule has 1 atom stereocenters. The summed E-state index contributed by atoms with van der Waals surface area (Å²) >= 11 is 1.61. The number of benzene rings is 1. The first-order valence-electron chi connectivity index (χ1n) is 9.75. The molecule has 1 amide bonds. The number of carbonyl (C=O) groups is 2. The van der Waals surface area contributed by atoms with E-state index >= 15 is 0 Å². The van der Waals surface area contributed by atoms with Gasteiger partial charge in [0.1, 0.15) is 0 Å². The summed E-state index contributed by atoms with van der Waals surface area (Å²) < 4.78 is 15.7. The lowest BCUT2D eigenvalue weighted by Crippen LogP contribution is -2.30. The number of carbonyl (C=O) groups excluding carboxylic acids is 2. The Morgan fingerprint density at radius 3 is 2.76 bits per heavy atom. The SMILES string of the molecule is COc1ccc(CCNC(=O)COC(=O)c2csc3c2CCC(C)C3)cc1OC. The standard InChI is InChI=1S/C22H27NO5S/c1-14-4-6-16-17(13-29-20(16)10-14)22(25)28-12-21(24)23-9-8-15-5-7-18(26-2)19(11-15)27-3/h5,7,11,13-14H,4,6,8-10,12H2,1-3H3,(H,23,24). The van der Waals surface area contributed by atoms with Crippen molar-refractivity contribution in [2.24, 2.45) is 5.92 Å². The second-order valence-electron chi connectivity index (χ2n) is 7.26. The minimum Gasteiger partial charge on any atom is -0.493 e. The van der Waals surface area contributed by atoms with Crippen LogP contribution in [0, 0.1) is 5.92 Å². The van der Waals surface area contributed by atoms with E-state index in [9.17, 15) is 9.59 Å². The molecule has 1 aromatic carbocycles. The lowest BCUT2D eigenvalue weighted by Gasteiger charge is -2.18. The predicted molar refractivity (Wildman–Crippen MR) is 112 cm³/mol. The molecular formula is C22H27NO5S. The van der Waals surface area contributed by atoms with Gasteiger partial charge in [-0.05, 0) is 54.9 Å². The molecule has 1 aromatic heterocycles. The number of fused-ring (bicyclic) bond motifs is 1. The van der Waals surface area contributed by atoms with E-state index in [1.165, 1.54) is 4.88 Å². The van der Waals surface area contributed by atoms with Crippen LogP contribution in [0.15, 0.2) is 23.6 Å². The van der Waals surface area contributed by atoms with Gasteiger partial charge in [-0.1, -0.05) is 13.0 Å². The van der Waals surface area contributed by atoms with Crippen molar-refractivity contribution >= 4 is 23.2 Å². The van der Waals surface area contributed by atoms with E-state index in [4.69, 9.17) is 14.2 Å². The van der Waals surface area contributed by atoms with E-state index in [1.807, 2.05) is 23.6 Å². The van der Waals surface area contributed by atoms with Crippen molar-refractivity contribution in [1.29, 1.82) is 0 Å². The minimum atomic E-state index is -0.410. The predicted octanol–water partition coefficient (Wildman–Crippen LogP) is 3.41. The Hall–Kier alpha value is -2.54. The maximum Gasteiger partial charge on any atom is 0.339 e. The number of thiophene rings is 1. The summed E-state index contributed by atoms with van der Waals surface area (Å²) in [6.07, 6.45) is 3.64. The van der Waals surface area contributed by atoms with Crippen LogP contribution >= 0.6 is 11.3 Å². The molecule has 0 saturated carbocycles. The molecule has 3 rings (SSSR count). The number of methoxy groups -OCH3 is 2. The smallest absolute Gasteiger partial charge is 0.339 e. The summed E-state index contributed by atoms with van der Waals surface area (Å²) in [5.74, 6) is 1.25. The second kappa shape index (κ2) is 9.78. The molecule has 29 heavy (non-hydrogen) atoms. The summed E-state index contributed by atoms with van der Waals surface area (Å²) in [7, 11) is 3.18. The van der Waals surface area contributed by atoms with Crippen LogP contribution in [0.25, 0.3) is 0 Å². The van der Waals surface area contributed by atoms with Crippen LogP contribution in [-0.4, -0.2) is 39.2 Å². The zero-order valence-electron chi connectivity index (χ0n) is 17.1. The molecule has 0 fully saturated rings. The third-order valence-electron chi connectivity index (χ3n) is 5.14. The monoisotopic (exact) mass is 417 g/mol. The molecule has 0 spiro atoms. The fourth-order valence-corrected chi connectivity index (χ4v) is 4.72. The number of rotatable bonds is 8. The molecule has 1 aliphatic carbocycles. The van der Waals surface area contributed by atoms with Gasteiger partial charge in [0.25, 0.3) is 5.91 Å². The summed E-state index contributed by atoms with van der Waals surface area (Å²) in [4.78, 5) is 25.7. The first-order valence-corrected chi connectivity index (χ1v) is 10.6. The van der Waals surface area contributed by atoms with Crippen LogP contribution in [0.4, 0.5) is 0 Å². The van der Waals surface area contributed by atoms with Gasteiger partial charge in [0, 0.05) is 16.8 Å². The quantitative estimate of drug-likeness (QED) is 0.667. The second-order valence-corrected chi connectivity index (χ2v) is 8.23. The fraction of sp³-hybridized carbons (Fsp3) is 0.455. The Kier molecular flexibility index (Phi) is 7.14. The van der Waals surface area contributed by atoms with Crippen molar-refractivity contribution in [3.8, 4) is 11.5 Å². The molecule has 0 bridgehead atoms. The molecule has 0 saturated heterocycles. The van der Waals surface area contributed by atoms with Gasteiger partial charge in [-0.15, -0.1) is 11.3 Å². The molecule has 6 nitrogen and oxygen atoms in total. The van der Waals surface area contributed by atoms with Crippen molar-refractivity contribution in [3.05, 3.63) is 45.1 Å². The van der Waals surface area contributed by atoms with Gasteiger partial charge in [0.2, 0.25) is 0 Å². The molecule has 7 heteroatoms. The first kappa shape index (κ1) is 21.2. The van der Waals surface area contributed by atoms with Crippen molar-refractivity contribution in [3.63, 3.8) is 0 Å². The highest BCUT2D eigenvalue weighted by Gasteiger charge is 2.24. The molecular weight excluding hydrogens is 390 g/mol. The first-order chi connectivity index (χ1) is 14.0. The number of esters is 1. The molecule has 1 unspecified atom stereocenters. The molecule has 156 valence electrons. The fourth-order valence-electron chi connectivity index (χ4n) is 3.49. The maximum atomic E-state index is 12.4. The largest absolute Gasteiger partial charge is 0.493 e. The molecule has 1 heterocycles. The van der Waals surface area contributed by atoms with Gasteiger partial charge < -0.3 is 19.5 Å². The third kappa shape index (κ3) is 5.29. The van der Waals surface area contributed by atoms with Crippen molar-refractivity contribution < 1.29 is 23.8 Å². The van der Waals surface area contributed by atoms with E-state index in [0.29, 0.717) is 35.9 Å². The topological polar surface area (TPSA) is 73.9 Å². The van der Waals surface area contributed by atoms with E-state index in [0.717, 1.165) is 30.4 Å². The Morgan fingerprint density at radius 2 is 2.00 bits per heavy atom. The maximum absolute atomic E-state index is 12.4. The van der Waals surface area contributed by atoms with Gasteiger partial charge in [-0.2, -0.15) is 0 Å². The Morgan fingerprint density at radius 1 is 1.21 bits per heavy atom. The van der Waals surface area contributed by atoms with Crippen molar-refractivity contribution in [2.75, 3.05) is 27.4 Å². The Labute approximate surface area is 175 Å². The zero-order valence-corrected chi connectivity index (χ0v) is 17.9. The number of hydrogen-bond acceptors (Lipinski definition) is 6. The van der Waals surface area contributed by atoms with Crippen LogP contribution in [0.3, 0.4) is 0 Å². The highest BCUT2D eigenvalue weighted by molar-refractivity contribution is 7.10. The van der Waals surface area contributed by atoms with Crippen LogP contribution < -0.4 is 14.8 Å². The van der Waals surface area contributed by atoms with Gasteiger partial charge in [-0.25, -0.2) is 4.79 Å². The average molecular weight is 418 g/mol. The normalized spacial score (nSPS) is 15.3. The minimum absolute atomic E-state index is 0.272. The van der Waals surface area contributed by atoms with Crippen LogP contribution in [0.5, 0.6) is 11.5 Å². The van der Waals surface area contributed by atoms with Crippen LogP contribution in [-0.2, 0) is 28.8 Å². The highest BCUT2D eigenvalue weighted by atomic mass is 32.1. The third-order valence-corrected chi connectivity index (χ3v) is 6.19. The van der Waals surface area contributed by atoms with Gasteiger partial charge in [0.15, 0.2) is 18.1 Å². The summed E-state index contributed by atoms with van der Waals surface area (Å²) in [5, 5.41) is 4.64. The van der Waals surface area contributed by atoms with E-state index in [-0.39, 0.29) is 12.5 Å². The number of amides is 1. The lowest BCUT2D eigenvalue weighted by molar-refractivity contribution is -0.124. The van der Waals surface area contributed by atoms with E-state index < -0.39 is 5.97 Å². The number of ether oxygens (including phenoxy) is 3. The molecule has 0 aliphatic heterocycles. The van der Waals surface area contributed by atoms with Crippen LogP contribution in [0.1, 0.15) is 39.7 Å². The lowest BCUT2D eigenvalue weighted by atomic mass is 9.88. The molecule has 1 aliphatic rings. The van der Waals surface area contributed by atoms with E-state index in [1.54, 1.807) is 25.6 Å². The number of nitrogens with one attached hydrogen (secondary N) is 1. The molecule has 0 radical (unpaired) electrons. The zero-order chi connectivity index (χ0) is 20.8. The van der Waals surface area contributed by atoms with Crippen LogP contribution in [0.2, 0.25) is 0 Å². The summed E-state index contributed by atoms with van der Waals surface area (Å²) in [6, 6.07) is 5.64. The Balaban J connectivity index is 1.44. The van der Waals surface area contributed by atoms with Crippen molar-refractivity contribution in [1.82, 2.24) is 5.32 Å². The average Bonchev–Trinajstić information content (AvgIpc) is 3.14.